The van der Waals surface area contributed by atoms with Gasteiger partial charge in [0.05, 0.1) is 0 Å². The molecule has 1 saturated heterocycles. The molecule has 1 aromatic carbocycles. The van der Waals surface area contributed by atoms with Crippen molar-refractivity contribution in [3.63, 3.8) is 0 Å². The summed E-state index contributed by atoms with van der Waals surface area (Å²) < 4.78 is 13.2. The van der Waals surface area contributed by atoms with Gasteiger partial charge in [0.1, 0.15) is 5.82 Å². The van der Waals surface area contributed by atoms with E-state index in [1.165, 1.54) is 25.0 Å². The highest BCUT2D eigenvalue weighted by Gasteiger charge is 2.19. The van der Waals surface area contributed by atoms with Crippen LogP contribution < -0.4 is 5.73 Å². The minimum atomic E-state index is -0.223. The molecule has 3 N–H and O–H groups in total. The fourth-order valence-corrected chi connectivity index (χ4v) is 3.00. The lowest BCUT2D eigenvalue weighted by molar-refractivity contribution is 0.144. The third kappa shape index (κ3) is 4.54. The van der Waals surface area contributed by atoms with E-state index < -0.39 is 0 Å². The monoisotopic (exact) mass is 280 g/mol. The zero-order valence-electron chi connectivity index (χ0n) is 12.0. The first-order chi connectivity index (χ1) is 9.69. The summed E-state index contributed by atoms with van der Waals surface area (Å²) >= 11 is 0. The summed E-state index contributed by atoms with van der Waals surface area (Å²) in [6, 6.07) is 6.46. The summed E-state index contributed by atoms with van der Waals surface area (Å²) in [6.45, 7) is 3.38. The molecule has 0 spiro atoms. The van der Waals surface area contributed by atoms with Crippen LogP contribution in [-0.4, -0.2) is 36.2 Å². The summed E-state index contributed by atoms with van der Waals surface area (Å²) in [5.74, 6) is 0.387. The minimum Gasteiger partial charge on any atom is -0.396 e. The molecule has 2 unspecified atom stereocenters. The van der Waals surface area contributed by atoms with Crippen LogP contribution in [0.3, 0.4) is 0 Å². The van der Waals surface area contributed by atoms with Crippen LogP contribution in [0.1, 0.15) is 37.3 Å². The fourth-order valence-electron chi connectivity index (χ4n) is 3.00. The number of rotatable bonds is 6. The number of hydrogen-bond acceptors (Lipinski definition) is 3. The van der Waals surface area contributed by atoms with Crippen molar-refractivity contribution < 1.29 is 9.50 Å². The summed E-state index contributed by atoms with van der Waals surface area (Å²) in [4.78, 5) is 2.42. The van der Waals surface area contributed by atoms with Gasteiger partial charge in [-0.05, 0) is 62.4 Å². The molecule has 0 amide bonds. The van der Waals surface area contributed by atoms with E-state index in [1.807, 2.05) is 6.07 Å². The molecule has 0 saturated carbocycles. The maximum absolute atomic E-state index is 13.2. The number of halogens is 1. The van der Waals surface area contributed by atoms with E-state index in [0.717, 1.165) is 38.0 Å². The van der Waals surface area contributed by atoms with Crippen LogP contribution in [0.4, 0.5) is 4.39 Å². The predicted molar refractivity (Wildman–Crippen MR) is 78.8 cm³/mol. The smallest absolute Gasteiger partial charge is 0.123 e. The fraction of sp³-hybridized carbons (Fsp3) is 0.625. The summed E-state index contributed by atoms with van der Waals surface area (Å²) in [7, 11) is 0. The first-order valence-corrected chi connectivity index (χ1v) is 7.53. The van der Waals surface area contributed by atoms with Gasteiger partial charge in [-0.1, -0.05) is 12.1 Å². The molecular weight excluding hydrogens is 255 g/mol. The second-order valence-electron chi connectivity index (χ2n) is 5.77. The molecule has 20 heavy (non-hydrogen) atoms. The zero-order valence-corrected chi connectivity index (χ0v) is 12.0. The summed E-state index contributed by atoms with van der Waals surface area (Å²) in [5, 5.41) is 9.02. The van der Waals surface area contributed by atoms with Crippen molar-refractivity contribution >= 4 is 0 Å². The van der Waals surface area contributed by atoms with Gasteiger partial charge in [0.2, 0.25) is 0 Å². The van der Waals surface area contributed by atoms with Gasteiger partial charge in [0.25, 0.3) is 0 Å². The van der Waals surface area contributed by atoms with Crippen molar-refractivity contribution in [2.75, 3.05) is 26.2 Å². The quantitative estimate of drug-likeness (QED) is 0.840. The van der Waals surface area contributed by atoms with Crippen molar-refractivity contribution in [1.82, 2.24) is 4.90 Å². The van der Waals surface area contributed by atoms with E-state index >= 15 is 0 Å². The topological polar surface area (TPSA) is 49.5 Å². The van der Waals surface area contributed by atoms with Crippen molar-refractivity contribution in [3.8, 4) is 0 Å². The Morgan fingerprint density at radius 3 is 3.05 bits per heavy atom. The Balaban J connectivity index is 1.79. The van der Waals surface area contributed by atoms with E-state index in [9.17, 15) is 4.39 Å². The molecule has 0 aromatic heterocycles. The van der Waals surface area contributed by atoms with E-state index in [1.54, 1.807) is 6.07 Å². The minimum absolute atomic E-state index is 0.107. The third-order valence-corrected chi connectivity index (χ3v) is 4.17. The van der Waals surface area contributed by atoms with Gasteiger partial charge in [0.15, 0.2) is 0 Å². The highest BCUT2D eigenvalue weighted by atomic mass is 19.1. The van der Waals surface area contributed by atoms with Gasteiger partial charge in [-0.15, -0.1) is 0 Å². The van der Waals surface area contributed by atoms with E-state index in [0.29, 0.717) is 5.92 Å². The Kier molecular flexibility index (Phi) is 5.95. The number of aliphatic hydroxyl groups excluding tert-OH is 1. The van der Waals surface area contributed by atoms with Gasteiger partial charge < -0.3 is 15.7 Å². The van der Waals surface area contributed by atoms with Crippen LogP contribution in [0, 0.1) is 11.7 Å². The number of benzene rings is 1. The summed E-state index contributed by atoms with van der Waals surface area (Å²) in [5.41, 5.74) is 7.01. The second kappa shape index (κ2) is 7.72. The molecular formula is C16H25FN2O. The van der Waals surface area contributed by atoms with E-state index in [-0.39, 0.29) is 18.5 Å². The van der Waals surface area contributed by atoms with Crippen molar-refractivity contribution in [1.29, 1.82) is 0 Å². The largest absolute Gasteiger partial charge is 0.396 e. The maximum atomic E-state index is 13.2. The standard InChI is InChI=1S/C16H25FN2O/c17-15-5-1-4-14(11-15)16(18)6-9-19-8-2-3-13(12-19)7-10-20/h1,4-5,11,13,16,20H,2-3,6-10,12,18H2. The normalized spacial score (nSPS) is 21.9. The van der Waals surface area contributed by atoms with Crippen LogP contribution in [-0.2, 0) is 0 Å². The van der Waals surface area contributed by atoms with Gasteiger partial charge in [-0.3, -0.25) is 0 Å². The van der Waals surface area contributed by atoms with Crippen LogP contribution in [0.15, 0.2) is 24.3 Å². The van der Waals surface area contributed by atoms with E-state index in [4.69, 9.17) is 10.8 Å². The molecule has 0 bridgehead atoms. The first kappa shape index (κ1) is 15.4. The molecule has 0 radical (unpaired) electrons. The van der Waals surface area contributed by atoms with Crippen molar-refractivity contribution in [3.05, 3.63) is 35.6 Å². The van der Waals surface area contributed by atoms with Gasteiger partial charge in [-0.2, -0.15) is 0 Å². The Bertz CT molecular complexity index is 411. The lowest BCUT2D eigenvalue weighted by atomic mass is 9.94. The predicted octanol–water partition coefficient (Wildman–Crippen LogP) is 2.31. The maximum Gasteiger partial charge on any atom is 0.123 e. The van der Waals surface area contributed by atoms with Gasteiger partial charge >= 0.3 is 0 Å². The van der Waals surface area contributed by atoms with Crippen molar-refractivity contribution in [2.45, 2.75) is 31.7 Å². The van der Waals surface area contributed by atoms with Gasteiger partial charge in [0, 0.05) is 19.2 Å². The summed E-state index contributed by atoms with van der Waals surface area (Å²) in [6.07, 6.45) is 4.15. The average molecular weight is 280 g/mol. The number of aliphatic hydroxyl groups is 1. The van der Waals surface area contributed by atoms with Gasteiger partial charge in [-0.25, -0.2) is 4.39 Å². The number of likely N-dealkylation sites (tertiary alicyclic amines) is 1. The molecule has 112 valence electrons. The second-order valence-corrected chi connectivity index (χ2v) is 5.77. The lowest BCUT2D eigenvalue weighted by Gasteiger charge is -2.33. The third-order valence-electron chi connectivity index (χ3n) is 4.17. The Labute approximate surface area is 120 Å². The highest BCUT2D eigenvalue weighted by Crippen LogP contribution is 2.21. The van der Waals surface area contributed by atoms with Crippen LogP contribution in [0.2, 0.25) is 0 Å². The molecule has 3 nitrogen and oxygen atoms in total. The average Bonchev–Trinajstić information content (AvgIpc) is 2.45. The van der Waals surface area contributed by atoms with Crippen LogP contribution in [0.5, 0.6) is 0 Å². The number of hydrogen-bond donors (Lipinski definition) is 2. The molecule has 1 aromatic rings. The van der Waals surface area contributed by atoms with Crippen LogP contribution >= 0.6 is 0 Å². The molecule has 4 heteroatoms. The Morgan fingerprint density at radius 2 is 2.30 bits per heavy atom. The molecule has 1 aliphatic rings. The van der Waals surface area contributed by atoms with Crippen molar-refractivity contribution in [2.24, 2.45) is 11.7 Å². The molecule has 2 atom stereocenters. The SMILES string of the molecule is NC(CCN1CCCC(CCO)C1)c1cccc(F)c1. The molecule has 1 aliphatic heterocycles. The number of nitrogens with zero attached hydrogens (tertiary/aromatic N) is 1. The molecule has 1 fully saturated rings. The Morgan fingerprint density at radius 1 is 1.45 bits per heavy atom. The highest BCUT2D eigenvalue weighted by molar-refractivity contribution is 5.19. The zero-order chi connectivity index (χ0) is 14.4. The molecule has 1 heterocycles. The van der Waals surface area contributed by atoms with E-state index in [2.05, 4.69) is 4.90 Å². The lowest BCUT2D eigenvalue weighted by Crippen LogP contribution is -2.37. The van der Waals surface area contributed by atoms with Crippen LogP contribution in [0.25, 0.3) is 0 Å². The number of piperidine rings is 1. The number of nitrogens with two attached hydrogens (primary N) is 1. The first-order valence-electron chi connectivity index (χ1n) is 7.53. The Hall–Kier alpha value is -0.970. The molecule has 0 aliphatic carbocycles. The molecule has 2 rings (SSSR count).